The van der Waals surface area contributed by atoms with Crippen LogP contribution in [0.15, 0.2) is 18.2 Å². The summed E-state index contributed by atoms with van der Waals surface area (Å²) in [6.07, 6.45) is 0.617. The van der Waals surface area contributed by atoms with Crippen LogP contribution in [0.1, 0.15) is 15.9 Å². The summed E-state index contributed by atoms with van der Waals surface area (Å²) in [7, 11) is 0. The number of fused-ring (bicyclic) bond motifs is 1. The van der Waals surface area contributed by atoms with Crippen LogP contribution in [-0.2, 0) is 11.3 Å². The minimum Gasteiger partial charge on any atom is -0.348 e. The smallest absolute Gasteiger partial charge is 0.251 e. The van der Waals surface area contributed by atoms with Gasteiger partial charge in [0.05, 0.1) is 0 Å². The van der Waals surface area contributed by atoms with Gasteiger partial charge in [0.15, 0.2) is 0 Å². The second kappa shape index (κ2) is 2.90. The molecule has 1 aromatic rings. The van der Waals surface area contributed by atoms with E-state index in [0.717, 1.165) is 5.56 Å². The molecule has 1 aliphatic heterocycles. The van der Waals surface area contributed by atoms with Crippen molar-refractivity contribution in [3.8, 4) is 0 Å². The lowest BCUT2D eigenvalue weighted by atomic mass is 10.1. The molecule has 2 amide bonds. The molecule has 0 saturated carbocycles. The Morgan fingerprint density at radius 1 is 1.46 bits per heavy atom. The topological polar surface area (TPSA) is 58.2 Å². The fourth-order valence-electron chi connectivity index (χ4n) is 1.39. The first-order valence-corrected chi connectivity index (χ1v) is 3.92. The molecule has 0 atom stereocenters. The number of amides is 2. The molecule has 0 saturated heterocycles. The van der Waals surface area contributed by atoms with Gasteiger partial charge in [0, 0.05) is 17.8 Å². The van der Waals surface area contributed by atoms with Gasteiger partial charge in [-0.05, 0) is 23.8 Å². The zero-order chi connectivity index (χ0) is 9.26. The van der Waals surface area contributed by atoms with Gasteiger partial charge in [0.25, 0.3) is 5.91 Å². The molecule has 66 valence electrons. The Kier molecular flexibility index (Phi) is 1.73. The molecular formula is C9H8N2O2. The molecule has 0 radical (unpaired) electrons. The molecule has 13 heavy (non-hydrogen) atoms. The van der Waals surface area contributed by atoms with Crippen molar-refractivity contribution in [1.82, 2.24) is 5.32 Å². The number of carbonyl (C=O) groups is 2. The minimum atomic E-state index is -0.0485. The van der Waals surface area contributed by atoms with Crippen molar-refractivity contribution in [3.05, 3.63) is 29.3 Å². The molecule has 0 aliphatic carbocycles. The summed E-state index contributed by atoms with van der Waals surface area (Å²) in [6.45, 7) is 0.544. The molecule has 4 nitrogen and oxygen atoms in total. The molecule has 2 N–H and O–H groups in total. The third-order valence-corrected chi connectivity index (χ3v) is 2.01. The van der Waals surface area contributed by atoms with Crippen molar-refractivity contribution in [3.63, 3.8) is 0 Å². The zero-order valence-corrected chi connectivity index (χ0v) is 6.83. The Hall–Kier alpha value is -1.84. The summed E-state index contributed by atoms with van der Waals surface area (Å²) >= 11 is 0. The molecule has 0 aromatic heterocycles. The van der Waals surface area contributed by atoms with E-state index in [9.17, 15) is 9.59 Å². The molecule has 0 fully saturated rings. The van der Waals surface area contributed by atoms with Crippen LogP contribution in [0, 0.1) is 0 Å². The van der Waals surface area contributed by atoms with Crippen LogP contribution in [0.25, 0.3) is 0 Å². The van der Waals surface area contributed by atoms with E-state index in [2.05, 4.69) is 10.6 Å². The Labute approximate surface area is 74.9 Å². The molecule has 2 rings (SSSR count). The predicted molar refractivity (Wildman–Crippen MR) is 47.3 cm³/mol. The first-order chi connectivity index (χ1) is 6.31. The number of hydrogen-bond donors (Lipinski definition) is 2. The van der Waals surface area contributed by atoms with E-state index < -0.39 is 0 Å². The van der Waals surface area contributed by atoms with Crippen molar-refractivity contribution in [1.29, 1.82) is 0 Å². The second-order valence-electron chi connectivity index (χ2n) is 2.82. The number of anilines is 1. The third-order valence-electron chi connectivity index (χ3n) is 2.01. The van der Waals surface area contributed by atoms with E-state index in [1.807, 2.05) is 0 Å². The maximum Gasteiger partial charge on any atom is 0.251 e. The van der Waals surface area contributed by atoms with E-state index >= 15 is 0 Å². The second-order valence-corrected chi connectivity index (χ2v) is 2.82. The summed E-state index contributed by atoms with van der Waals surface area (Å²) in [5.41, 5.74) is 2.33. The number of nitrogens with one attached hydrogen (secondary N) is 2. The van der Waals surface area contributed by atoms with Crippen molar-refractivity contribution < 1.29 is 9.59 Å². The molecule has 1 aliphatic rings. The Morgan fingerprint density at radius 2 is 2.31 bits per heavy atom. The van der Waals surface area contributed by atoms with Gasteiger partial charge in [-0.1, -0.05) is 0 Å². The molecule has 0 unspecified atom stereocenters. The predicted octanol–water partition coefficient (Wildman–Crippen LogP) is 0.498. The number of carbonyl (C=O) groups excluding carboxylic acids is 2. The summed E-state index contributed by atoms with van der Waals surface area (Å²) in [4.78, 5) is 21.3. The van der Waals surface area contributed by atoms with Crippen molar-refractivity contribution >= 4 is 18.0 Å². The van der Waals surface area contributed by atoms with Crippen LogP contribution in [0.2, 0.25) is 0 Å². The fraction of sp³-hybridized carbons (Fsp3) is 0.111. The number of benzene rings is 1. The fourth-order valence-corrected chi connectivity index (χ4v) is 1.39. The van der Waals surface area contributed by atoms with Gasteiger partial charge < -0.3 is 10.6 Å². The first kappa shape index (κ1) is 7.79. The van der Waals surface area contributed by atoms with Gasteiger partial charge in [0.1, 0.15) is 0 Å². The van der Waals surface area contributed by atoms with Gasteiger partial charge in [-0.15, -0.1) is 0 Å². The van der Waals surface area contributed by atoms with E-state index in [4.69, 9.17) is 0 Å². The standard InChI is InChI=1S/C9H8N2O2/c12-5-11-7-1-2-8-6(3-7)4-10-9(8)13/h1-3,5H,4H2,(H,10,13)(H,11,12). The summed E-state index contributed by atoms with van der Waals surface area (Å²) in [5.74, 6) is -0.0485. The average molecular weight is 176 g/mol. The van der Waals surface area contributed by atoms with Crippen LogP contribution in [0.5, 0.6) is 0 Å². The highest BCUT2D eigenvalue weighted by atomic mass is 16.2. The SMILES string of the molecule is O=CNc1ccc2c(c1)CNC2=O. The molecule has 0 spiro atoms. The maximum atomic E-state index is 11.1. The zero-order valence-electron chi connectivity index (χ0n) is 6.83. The lowest BCUT2D eigenvalue weighted by Crippen LogP contribution is -2.12. The van der Waals surface area contributed by atoms with E-state index in [1.54, 1.807) is 18.2 Å². The van der Waals surface area contributed by atoms with Gasteiger partial charge in [-0.25, -0.2) is 0 Å². The minimum absolute atomic E-state index is 0.0485. The summed E-state index contributed by atoms with van der Waals surface area (Å²) < 4.78 is 0. The van der Waals surface area contributed by atoms with Crippen molar-refractivity contribution in [2.75, 3.05) is 5.32 Å². The van der Waals surface area contributed by atoms with Crippen LogP contribution < -0.4 is 10.6 Å². The third kappa shape index (κ3) is 1.26. The van der Waals surface area contributed by atoms with Crippen LogP contribution in [-0.4, -0.2) is 12.3 Å². The summed E-state index contributed by atoms with van der Waals surface area (Å²) in [5, 5.41) is 5.23. The van der Waals surface area contributed by atoms with Gasteiger partial charge in [-0.3, -0.25) is 9.59 Å². The Morgan fingerprint density at radius 3 is 3.08 bits per heavy atom. The Bertz CT molecular complexity index is 374. The Balaban J connectivity index is 2.39. The molecule has 1 heterocycles. The highest BCUT2D eigenvalue weighted by molar-refractivity contribution is 5.98. The highest BCUT2D eigenvalue weighted by Gasteiger charge is 2.17. The number of rotatable bonds is 2. The monoisotopic (exact) mass is 176 g/mol. The van der Waals surface area contributed by atoms with Crippen LogP contribution in [0.4, 0.5) is 5.69 Å². The number of hydrogen-bond acceptors (Lipinski definition) is 2. The normalized spacial score (nSPS) is 13.4. The summed E-state index contributed by atoms with van der Waals surface area (Å²) in [6, 6.07) is 5.21. The highest BCUT2D eigenvalue weighted by Crippen LogP contribution is 2.19. The molecule has 4 heteroatoms. The largest absolute Gasteiger partial charge is 0.348 e. The molecule has 1 aromatic carbocycles. The van der Waals surface area contributed by atoms with E-state index in [1.165, 1.54) is 0 Å². The van der Waals surface area contributed by atoms with Gasteiger partial charge in [-0.2, -0.15) is 0 Å². The van der Waals surface area contributed by atoms with Gasteiger partial charge >= 0.3 is 0 Å². The van der Waals surface area contributed by atoms with E-state index in [-0.39, 0.29) is 5.91 Å². The molecular weight excluding hydrogens is 168 g/mol. The maximum absolute atomic E-state index is 11.1. The lowest BCUT2D eigenvalue weighted by Gasteiger charge is -2.00. The van der Waals surface area contributed by atoms with Crippen molar-refractivity contribution in [2.45, 2.75) is 6.54 Å². The first-order valence-electron chi connectivity index (χ1n) is 3.92. The van der Waals surface area contributed by atoms with Crippen LogP contribution >= 0.6 is 0 Å². The lowest BCUT2D eigenvalue weighted by molar-refractivity contribution is -0.105. The molecule has 0 bridgehead atoms. The van der Waals surface area contributed by atoms with Crippen LogP contribution in [0.3, 0.4) is 0 Å². The van der Waals surface area contributed by atoms with Crippen molar-refractivity contribution in [2.24, 2.45) is 0 Å². The van der Waals surface area contributed by atoms with Gasteiger partial charge in [0.2, 0.25) is 6.41 Å². The van der Waals surface area contributed by atoms with E-state index in [0.29, 0.717) is 24.2 Å². The quantitative estimate of drug-likeness (QED) is 0.644. The average Bonchev–Trinajstić information content (AvgIpc) is 2.48.